The van der Waals surface area contributed by atoms with Crippen LogP contribution in [-0.2, 0) is 0 Å². The van der Waals surface area contributed by atoms with Crippen molar-refractivity contribution in [3.05, 3.63) is 34.6 Å². The molecule has 90 valence electrons. The first-order valence-corrected chi connectivity index (χ1v) is 5.48. The van der Waals surface area contributed by atoms with Crippen LogP contribution in [0, 0.1) is 17.1 Å². The van der Waals surface area contributed by atoms with E-state index in [-0.39, 0.29) is 23.2 Å². The molecule has 1 rings (SSSR count). The summed E-state index contributed by atoms with van der Waals surface area (Å²) in [6, 6.07) is 5.57. The van der Waals surface area contributed by atoms with Gasteiger partial charge in [-0.1, -0.05) is 11.6 Å². The maximum absolute atomic E-state index is 13.6. The number of hydrogen-bond donors (Lipinski definition) is 0. The Morgan fingerprint density at radius 1 is 1.59 bits per heavy atom. The maximum atomic E-state index is 13.6. The van der Waals surface area contributed by atoms with Crippen LogP contribution in [0.1, 0.15) is 24.2 Å². The van der Waals surface area contributed by atoms with Gasteiger partial charge in [0.05, 0.1) is 11.6 Å². The number of carbonyl (C=O) groups is 1. The van der Waals surface area contributed by atoms with Gasteiger partial charge in [-0.2, -0.15) is 5.26 Å². The van der Waals surface area contributed by atoms with Gasteiger partial charge in [0.2, 0.25) is 0 Å². The molecule has 0 unspecified atom stereocenters. The van der Waals surface area contributed by atoms with E-state index in [1.807, 2.05) is 6.07 Å². The van der Waals surface area contributed by atoms with E-state index in [1.54, 1.807) is 13.8 Å². The Hall–Kier alpha value is -1.60. The molecule has 1 aromatic carbocycles. The number of nitriles is 1. The molecule has 0 bridgehead atoms. The van der Waals surface area contributed by atoms with E-state index in [2.05, 4.69) is 0 Å². The molecular formula is C12H12ClFN2O. The number of carbonyl (C=O) groups excluding carboxylic acids is 1. The molecule has 0 aliphatic carbocycles. The zero-order valence-electron chi connectivity index (χ0n) is 9.58. The van der Waals surface area contributed by atoms with Gasteiger partial charge in [-0.05, 0) is 32.0 Å². The molecule has 0 N–H and O–H groups in total. The van der Waals surface area contributed by atoms with Crippen molar-refractivity contribution < 1.29 is 9.18 Å². The Morgan fingerprint density at radius 2 is 2.24 bits per heavy atom. The minimum atomic E-state index is -0.675. The summed E-state index contributed by atoms with van der Waals surface area (Å²) in [5, 5.41) is 8.87. The van der Waals surface area contributed by atoms with Gasteiger partial charge in [-0.15, -0.1) is 0 Å². The highest BCUT2D eigenvalue weighted by atomic mass is 35.5. The number of halogens is 2. The summed E-state index contributed by atoms with van der Waals surface area (Å²) in [7, 11) is 0. The van der Waals surface area contributed by atoms with Crippen molar-refractivity contribution in [3.63, 3.8) is 0 Å². The van der Waals surface area contributed by atoms with Crippen LogP contribution >= 0.6 is 11.6 Å². The summed E-state index contributed by atoms with van der Waals surface area (Å²) < 4.78 is 13.6. The van der Waals surface area contributed by atoms with Crippen molar-refractivity contribution in [2.75, 3.05) is 6.54 Å². The van der Waals surface area contributed by atoms with E-state index >= 15 is 0 Å². The molecule has 17 heavy (non-hydrogen) atoms. The minimum absolute atomic E-state index is 0.0709. The number of amides is 1. The highest BCUT2D eigenvalue weighted by molar-refractivity contribution is 6.30. The summed E-state index contributed by atoms with van der Waals surface area (Å²) in [5.74, 6) is -1.18. The fraction of sp³-hybridized carbons (Fsp3) is 0.333. The van der Waals surface area contributed by atoms with Crippen LogP contribution in [0.25, 0.3) is 0 Å². The Balaban J connectivity index is 3.06. The number of hydrogen-bond acceptors (Lipinski definition) is 2. The van der Waals surface area contributed by atoms with Crippen molar-refractivity contribution in [1.82, 2.24) is 4.90 Å². The van der Waals surface area contributed by atoms with Crippen LogP contribution in [0.3, 0.4) is 0 Å². The van der Waals surface area contributed by atoms with E-state index < -0.39 is 11.7 Å². The third-order valence-corrected chi connectivity index (χ3v) is 2.52. The van der Waals surface area contributed by atoms with Gasteiger partial charge in [0.15, 0.2) is 0 Å². The molecule has 0 saturated heterocycles. The molecule has 1 aromatic rings. The zero-order chi connectivity index (χ0) is 13.0. The van der Waals surface area contributed by atoms with Crippen LogP contribution in [0.2, 0.25) is 5.02 Å². The first-order chi connectivity index (χ1) is 7.97. The lowest BCUT2D eigenvalue weighted by atomic mass is 10.1. The fourth-order valence-electron chi connectivity index (χ4n) is 1.38. The van der Waals surface area contributed by atoms with Gasteiger partial charge < -0.3 is 4.90 Å². The molecule has 0 radical (unpaired) electrons. The minimum Gasteiger partial charge on any atom is -0.323 e. The smallest absolute Gasteiger partial charge is 0.257 e. The lowest BCUT2D eigenvalue weighted by Gasteiger charge is -2.24. The Morgan fingerprint density at radius 3 is 2.71 bits per heavy atom. The van der Waals surface area contributed by atoms with E-state index in [1.165, 1.54) is 17.0 Å². The largest absolute Gasteiger partial charge is 0.323 e. The van der Waals surface area contributed by atoms with Crippen LogP contribution in [0.15, 0.2) is 18.2 Å². The van der Waals surface area contributed by atoms with E-state index in [4.69, 9.17) is 16.9 Å². The summed E-state index contributed by atoms with van der Waals surface area (Å²) >= 11 is 5.61. The fourth-order valence-corrected chi connectivity index (χ4v) is 1.54. The van der Waals surface area contributed by atoms with Gasteiger partial charge in [0.1, 0.15) is 12.4 Å². The average Bonchev–Trinajstić information content (AvgIpc) is 2.24. The van der Waals surface area contributed by atoms with Crippen molar-refractivity contribution in [2.24, 2.45) is 0 Å². The standard InChI is InChI=1S/C12H12ClFN2O/c1-8(2)16(6-5-15)12(17)10-4-3-9(13)7-11(10)14/h3-4,7-8H,6H2,1-2H3. The third-order valence-electron chi connectivity index (χ3n) is 2.29. The zero-order valence-corrected chi connectivity index (χ0v) is 10.3. The molecule has 0 atom stereocenters. The predicted molar refractivity (Wildman–Crippen MR) is 63.2 cm³/mol. The molecule has 0 fully saturated rings. The third kappa shape index (κ3) is 3.18. The van der Waals surface area contributed by atoms with Gasteiger partial charge >= 0.3 is 0 Å². The van der Waals surface area contributed by atoms with Crippen LogP contribution in [0.5, 0.6) is 0 Å². The van der Waals surface area contributed by atoms with Gasteiger partial charge in [0, 0.05) is 11.1 Å². The van der Waals surface area contributed by atoms with Crippen LogP contribution in [-0.4, -0.2) is 23.4 Å². The molecular weight excluding hydrogens is 243 g/mol. The Bertz CT molecular complexity index is 468. The highest BCUT2D eigenvalue weighted by Gasteiger charge is 2.21. The lowest BCUT2D eigenvalue weighted by molar-refractivity contribution is 0.0726. The summed E-state index contributed by atoms with van der Waals surface area (Å²) in [5.41, 5.74) is -0.0710. The molecule has 0 aliphatic heterocycles. The molecule has 0 aromatic heterocycles. The topological polar surface area (TPSA) is 44.1 Å². The second-order valence-electron chi connectivity index (χ2n) is 3.81. The van der Waals surface area contributed by atoms with Crippen molar-refractivity contribution in [1.29, 1.82) is 5.26 Å². The van der Waals surface area contributed by atoms with Crippen LogP contribution in [0.4, 0.5) is 4.39 Å². The lowest BCUT2D eigenvalue weighted by Crippen LogP contribution is -2.37. The van der Waals surface area contributed by atoms with E-state index in [0.717, 1.165) is 6.07 Å². The van der Waals surface area contributed by atoms with Crippen molar-refractivity contribution in [2.45, 2.75) is 19.9 Å². The second-order valence-corrected chi connectivity index (χ2v) is 4.25. The molecule has 5 heteroatoms. The number of rotatable bonds is 3. The number of benzene rings is 1. The molecule has 0 aliphatic rings. The first-order valence-electron chi connectivity index (χ1n) is 5.10. The van der Waals surface area contributed by atoms with Crippen molar-refractivity contribution >= 4 is 17.5 Å². The quantitative estimate of drug-likeness (QED) is 0.779. The van der Waals surface area contributed by atoms with Gasteiger partial charge in [-0.25, -0.2) is 4.39 Å². The van der Waals surface area contributed by atoms with Gasteiger partial charge in [-0.3, -0.25) is 4.79 Å². The van der Waals surface area contributed by atoms with Crippen LogP contribution < -0.4 is 0 Å². The average molecular weight is 255 g/mol. The number of nitrogens with zero attached hydrogens (tertiary/aromatic N) is 2. The second kappa shape index (κ2) is 5.65. The molecule has 0 spiro atoms. The van der Waals surface area contributed by atoms with Gasteiger partial charge in [0.25, 0.3) is 5.91 Å². The monoisotopic (exact) mass is 254 g/mol. The van der Waals surface area contributed by atoms with E-state index in [0.29, 0.717) is 0 Å². The Kier molecular flexibility index (Phi) is 4.47. The molecule has 1 amide bonds. The summed E-state index contributed by atoms with van der Waals surface area (Å²) in [4.78, 5) is 13.3. The SMILES string of the molecule is CC(C)N(CC#N)C(=O)c1ccc(Cl)cc1F. The summed E-state index contributed by atoms with van der Waals surface area (Å²) in [6.07, 6.45) is 0. The normalized spacial score (nSPS) is 10.1. The summed E-state index contributed by atoms with van der Waals surface area (Å²) in [6.45, 7) is 3.46. The van der Waals surface area contributed by atoms with E-state index in [9.17, 15) is 9.18 Å². The first kappa shape index (κ1) is 13.5. The highest BCUT2D eigenvalue weighted by Crippen LogP contribution is 2.17. The Labute approximate surface area is 104 Å². The molecule has 0 saturated carbocycles. The molecule has 0 heterocycles. The predicted octanol–water partition coefficient (Wildman–Crippen LogP) is 2.85. The maximum Gasteiger partial charge on any atom is 0.257 e. The van der Waals surface area contributed by atoms with Crippen molar-refractivity contribution in [3.8, 4) is 6.07 Å². The molecule has 3 nitrogen and oxygen atoms in total.